The van der Waals surface area contributed by atoms with Gasteiger partial charge in [-0.1, -0.05) is 18.2 Å². The van der Waals surface area contributed by atoms with Gasteiger partial charge in [0.15, 0.2) is 0 Å². The maximum Gasteiger partial charge on any atom is 0.278 e. The summed E-state index contributed by atoms with van der Waals surface area (Å²) in [7, 11) is 0. The van der Waals surface area contributed by atoms with Gasteiger partial charge in [-0.25, -0.2) is 0 Å². The Kier molecular flexibility index (Phi) is 3.71. The zero-order chi connectivity index (χ0) is 12.3. The Labute approximate surface area is 111 Å². The maximum absolute atomic E-state index is 11.1. The molecule has 0 fully saturated rings. The molecule has 0 saturated heterocycles. The highest BCUT2D eigenvalue weighted by molar-refractivity contribution is 9.10. The molecule has 0 bridgehead atoms. The lowest BCUT2D eigenvalue weighted by atomic mass is 10.1. The van der Waals surface area contributed by atoms with Crippen LogP contribution >= 0.6 is 27.3 Å². The summed E-state index contributed by atoms with van der Waals surface area (Å²) >= 11 is 4.82. The summed E-state index contributed by atoms with van der Waals surface area (Å²) in [4.78, 5) is 11.6. The highest BCUT2D eigenvalue weighted by Crippen LogP contribution is 2.28. The van der Waals surface area contributed by atoms with Crippen LogP contribution in [-0.4, -0.2) is 4.92 Å². The molecule has 0 spiro atoms. The molecule has 0 atom stereocenters. The molecule has 1 aromatic carbocycles. The van der Waals surface area contributed by atoms with Crippen molar-refractivity contribution in [1.29, 1.82) is 0 Å². The molecule has 0 aliphatic carbocycles. The maximum atomic E-state index is 11.1. The topological polar surface area (TPSA) is 43.1 Å². The van der Waals surface area contributed by atoms with Crippen LogP contribution in [0.3, 0.4) is 0 Å². The van der Waals surface area contributed by atoms with Crippen molar-refractivity contribution < 1.29 is 4.92 Å². The van der Waals surface area contributed by atoms with E-state index >= 15 is 0 Å². The van der Waals surface area contributed by atoms with Crippen LogP contribution in [0.4, 0.5) is 0 Å². The van der Waals surface area contributed by atoms with Gasteiger partial charge in [0, 0.05) is 15.4 Å². The van der Waals surface area contributed by atoms with E-state index in [9.17, 15) is 10.1 Å². The fraction of sp³-hybridized carbons (Fsp3) is 0. The van der Waals surface area contributed by atoms with E-state index in [4.69, 9.17) is 0 Å². The normalized spacial score (nSPS) is 11.5. The number of nitrogens with zero attached hydrogens (tertiary/aromatic N) is 1. The summed E-state index contributed by atoms with van der Waals surface area (Å²) < 4.78 is 0.873. The summed E-state index contributed by atoms with van der Waals surface area (Å²) in [6.45, 7) is 0. The van der Waals surface area contributed by atoms with Gasteiger partial charge in [0.1, 0.15) is 0 Å². The number of nitro groups is 1. The molecule has 3 nitrogen and oxygen atoms in total. The van der Waals surface area contributed by atoms with Crippen molar-refractivity contribution in [1.82, 2.24) is 0 Å². The Morgan fingerprint density at radius 3 is 2.53 bits per heavy atom. The summed E-state index contributed by atoms with van der Waals surface area (Å²) in [5.74, 6) is 0. The van der Waals surface area contributed by atoms with Crippen LogP contribution in [0, 0.1) is 10.1 Å². The van der Waals surface area contributed by atoms with Crippen molar-refractivity contribution in [2.24, 2.45) is 0 Å². The molecule has 0 saturated carbocycles. The molecule has 1 heterocycles. The molecule has 5 heteroatoms. The largest absolute Gasteiger partial charge is 0.278 e. The minimum Gasteiger partial charge on any atom is -0.258 e. The zero-order valence-corrected chi connectivity index (χ0v) is 11.1. The monoisotopic (exact) mass is 309 g/mol. The van der Waals surface area contributed by atoms with Gasteiger partial charge in [0.25, 0.3) is 5.70 Å². The third kappa shape index (κ3) is 2.81. The molecular formula is C12H8BrNO2S. The third-order valence-corrected chi connectivity index (χ3v) is 4.00. The summed E-state index contributed by atoms with van der Waals surface area (Å²) in [5.41, 5.74) is 0.714. The van der Waals surface area contributed by atoms with E-state index in [2.05, 4.69) is 15.9 Å². The average Bonchev–Trinajstić information content (AvgIpc) is 2.72. The summed E-state index contributed by atoms with van der Waals surface area (Å²) in [6, 6.07) is 10.7. The number of halogens is 1. The van der Waals surface area contributed by atoms with Gasteiger partial charge in [-0.15, -0.1) is 11.3 Å². The van der Waals surface area contributed by atoms with E-state index in [0.29, 0.717) is 5.56 Å². The molecule has 0 unspecified atom stereocenters. The lowest BCUT2D eigenvalue weighted by Crippen LogP contribution is -1.97. The minimum absolute atomic E-state index is 0.105. The average molecular weight is 310 g/mol. The lowest BCUT2D eigenvalue weighted by molar-refractivity contribution is -0.374. The van der Waals surface area contributed by atoms with Crippen molar-refractivity contribution in [3.05, 3.63) is 66.8 Å². The second-order valence-electron chi connectivity index (χ2n) is 3.29. The Morgan fingerprint density at radius 2 is 2.00 bits per heavy atom. The Hall–Kier alpha value is -1.46. The van der Waals surface area contributed by atoms with Gasteiger partial charge in [0.05, 0.1) is 10.5 Å². The molecule has 0 aliphatic heterocycles. The van der Waals surface area contributed by atoms with Crippen LogP contribution in [0.25, 0.3) is 11.8 Å². The predicted octanol–water partition coefficient (Wildman–Crippen LogP) is 4.29. The number of rotatable bonds is 3. The van der Waals surface area contributed by atoms with Crippen LogP contribution in [-0.2, 0) is 0 Å². The first-order valence-electron chi connectivity index (χ1n) is 4.83. The van der Waals surface area contributed by atoms with Crippen molar-refractivity contribution in [2.75, 3.05) is 0 Å². The lowest BCUT2D eigenvalue weighted by Gasteiger charge is -1.98. The Balaban J connectivity index is 2.47. The van der Waals surface area contributed by atoms with Gasteiger partial charge in [0.2, 0.25) is 0 Å². The van der Waals surface area contributed by atoms with Crippen LogP contribution in [0.15, 0.2) is 46.3 Å². The Morgan fingerprint density at radius 1 is 1.29 bits per heavy atom. The van der Waals surface area contributed by atoms with E-state index in [0.717, 1.165) is 9.35 Å². The third-order valence-electron chi connectivity index (χ3n) is 2.18. The molecule has 0 amide bonds. The van der Waals surface area contributed by atoms with Gasteiger partial charge in [-0.2, -0.15) is 0 Å². The first kappa shape index (κ1) is 12.0. The van der Waals surface area contributed by atoms with Gasteiger partial charge < -0.3 is 0 Å². The smallest absolute Gasteiger partial charge is 0.258 e. The van der Waals surface area contributed by atoms with Crippen molar-refractivity contribution in [3.63, 3.8) is 0 Å². The van der Waals surface area contributed by atoms with Gasteiger partial charge >= 0.3 is 0 Å². The second-order valence-corrected chi connectivity index (χ2v) is 5.09. The molecular weight excluding hydrogens is 302 g/mol. The number of benzene rings is 1. The van der Waals surface area contributed by atoms with Gasteiger partial charge in [-0.05, 0) is 39.5 Å². The van der Waals surface area contributed by atoms with Crippen molar-refractivity contribution >= 4 is 39.0 Å². The Bertz CT molecular complexity index is 563. The van der Waals surface area contributed by atoms with Crippen LogP contribution in [0.1, 0.15) is 10.4 Å². The summed E-state index contributed by atoms with van der Waals surface area (Å²) in [6.07, 6.45) is 1.59. The fourth-order valence-corrected chi connectivity index (χ4v) is 2.80. The first-order chi connectivity index (χ1) is 8.18. The minimum atomic E-state index is -0.360. The zero-order valence-electron chi connectivity index (χ0n) is 8.67. The van der Waals surface area contributed by atoms with Crippen LogP contribution in [0.2, 0.25) is 0 Å². The summed E-state index contributed by atoms with van der Waals surface area (Å²) in [5, 5.41) is 13.0. The number of thiophene rings is 1. The molecule has 86 valence electrons. The van der Waals surface area contributed by atoms with Crippen LogP contribution < -0.4 is 0 Å². The highest BCUT2D eigenvalue weighted by Gasteiger charge is 2.14. The van der Waals surface area contributed by atoms with E-state index < -0.39 is 0 Å². The standard InChI is InChI=1S/C12H8BrNO2S/c13-10-6-7-17-12(10)8-11(14(15)16)9-4-2-1-3-5-9/h1-8H/b11-8+. The van der Waals surface area contributed by atoms with E-state index in [1.807, 2.05) is 17.5 Å². The highest BCUT2D eigenvalue weighted by atomic mass is 79.9. The SMILES string of the molecule is O=[N+]([O-])/C(=C/c1sccc1Br)c1ccccc1. The first-order valence-corrected chi connectivity index (χ1v) is 6.50. The van der Waals surface area contributed by atoms with Gasteiger partial charge in [-0.3, -0.25) is 10.1 Å². The van der Waals surface area contributed by atoms with Crippen molar-refractivity contribution in [2.45, 2.75) is 0 Å². The van der Waals surface area contributed by atoms with Crippen LogP contribution in [0.5, 0.6) is 0 Å². The number of hydrogen-bond acceptors (Lipinski definition) is 3. The molecule has 0 N–H and O–H groups in total. The predicted molar refractivity (Wildman–Crippen MR) is 73.3 cm³/mol. The molecule has 2 aromatic rings. The number of hydrogen-bond donors (Lipinski definition) is 0. The quantitative estimate of drug-likeness (QED) is 0.627. The molecule has 17 heavy (non-hydrogen) atoms. The fourth-order valence-electron chi connectivity index (χ4n) is 1.38. The van der Waals surface area contributed by atoms with E-state index in [-0.39, 0.29) is 10.6 Å². The van der Waals surface area contributed by atoms with E-state index in [1.165, 1.54) is 11.3 Å². The van der Waals surface area contributed by atoms with E-state index in [1.54, 1.807) is 30.3 Å². The molecule has 0 radical (unpaired) electrons. The molecule has 2 rings (SSSR count). The molecule has 0 aliphatic rings. The second kappa shape index (κ2) is 5.25. The molecule has 1 aromatic heterocycles. The van der Waals surface area contributed by atoms with Crippen molar-refractivity contribution in [3.8, 4) is 0 Å².